The van der Waals surface area contributed by atoms with Gasteiger partial charge in [-0.2, -0.15) is 0 Å². The molecule has 0 radical (unpaired) electrons. The van der Waals surface area contributed by atoms with Crippen LogP contribution < -0.4 is 5.32 Å². The summed E-state index contributed by atoms with van der Waals surface area (Å²) >= 11 is 0. The molecule has 2 saturated heterocycles. The fraction of sp³-hybridized carbons (Fsp3) is 0.875. The van der Waals surface area contributed by atoms with Gasteiger partial charge >= 0.3 is 0 Å². The SMILES string of the molecule is CN1C[C@@H](CNC(=O)C2(N3CCCC3)CCCC2)OCC1=O. The number of hydrogen-bond donors (Lipinski definition) is 1. The molecule has 0 aromatic carbocycles. The van der Waals surface area contributed by atoms with Crippen LogP contribution in [0.4, 0.5) is 0 Å². The summed E-state index contributed by atoms with van der Waals surface area (Å²) in [6, 6.07) is 0. The lowest BCUT2D eigenvalue weighted by Gasteiger charge is -2.38. The highest BCUT2D eigenvalue weighted by Crippen LogP contribution is 2.37. The van der Waals surface area contributed by atoms with Gasteiger partial charge in [0.05, 0.1) is 6.10 Å². The Morgan fingerprint density at radius 2 is 1.95 bits per heavy atom. The van der Waals surface area contributed by atoms with Gasteiger partial charge in [0.25, 0.3) is 0 Å². The predicted octanol–water partition coefficient (Wildman–Crippen LogP) is 0.368. The second-order valence-corrected chi connectivity index (χ2v) is 6.85. The van der Waals surface area contributed by atoms with Crippen LogP contribution in [0.5, 0.6) is 0 Å². The van der Waals surface area contributed by atoms with Crippen molar-refractivity contribution in [3.8, 4) is 0 Å². The number of hydrogen-bond acceptors (Lipinski definition) is 4. The molecule has 3 aliphatic rings. The number of morpholine rings is 1. The second kappa shape index (κ2) is 6.54. The lowest BCUT2D eigenvalue weighted by molar-refractivity contribution is -0.147. The Morgan fingerprint density at radius 1 is 1.27 bits per heavy atom. The smallest absolute Gasteiger partial charge is 0.248 e. The first kappa shape index (κ1) is 15.7. The van der Waals surface area contributed by atoms with Crippen LogP contribution in [0.15, 0.2) is 0 Å². The predicted molar refractivity (Wildman–Crippen MR) is 82.4 cm³/mol. The van der Waals surface area contributed by atoms with E-state index in [0.29, 0.717) is 13.1 Å². The molecule has 1 atom stereocenters. The van der Waals surface area contributed by atoms with Gasteiger partial charge in [0.1, 0.15) is 12.1 Å². The molecule has 3 fully saturated rings. The molecule has 2 aliphatic heterocycles. The van der Waals surface area contributed by atoms with Crippen molar-refractivity contribution in [1.29, 1.82) is 0 Å². The molecule has 0 bridgehead atoms. The normalized spacial score (nSPS) is 29.0. The Balaban J connectivity index is 1.57. The first-order valence-corrected chi connectivity index (χ1v) is 8.51. The number of likely N-dealkylation sites (N-methyl/N-ethyl adjacent to an activating group) is 1. The zero-order chi connectivity index (χ0) is 15.6. The van der Waals surface area contributed by atoms with E-state index in [1.54, 1.807) is 11.9 Å². The van der Waals surface area contributed by atoms with Gasteiger partial charge in [-0.1, -0.05) is 12.8 Å². The van der Waals surface area contributed by atoms with Crippen LogP contribution in [0.2, 0.25) is 0 Å². The fourth-order valence-corrected chi connectivity index (χ4v) is 4.05. The number of carbonyl (C=O) groups is 2. The molecule has 1 aliphatic carbocycles. The van der Waals surface area contributed by atoms with E-state index < -0.39 is 0 Å². The zero-order valence-electron chi connectivity index (χ0n) is 13.5. The van der Waals surface area contributed by atoms with Crippen molar-refractivity contribution in [2.24, 2.45) is 0 Å². The van der Waals surface area contributed by atoms with Crippen LogP contribution in [0.25, 0.3) is 0 Å². The number of ether oxygens (including phenoxy) is 1. The summed E-state index contributed by atoms with van der Waals surface area (Å²) in [5.41, 5.74) is -0.285. The quantitative estimate of drug-likeness (QED) is 0.815. The standard InChI is InChI=1S/C16H27N3O3/c1-18-11-13(22-12-14(18)20)10-17-15(21)16(6-2-3-7-16)19-8-4-5-9-19/h13H,2-12H2,1H3,(H,17,21)/t13-/m1/s1. The summed E-state index contributed by atoms with van der Waals surface area (Å²) in [6.07, 6.45) is 6.54. The summed E-state index contributed by atoms with van der Waals surface area (Å²) in [5, 5.41) is 3.10. The van der Waals surface area contributed by atoms with Crippen molar-refractivity contribution in [2.45, 2.75) is 50.2 Å². The minimum atomic E-state index is -0.285. The van der Waals surface area contributed by atoms with E-state index in [1.807, 2.05) is 0 Å². The number of nitrogens with one attached hydrogen (secondary N) is 1. The molecule has 2 heterocycles. The average molecular weight is 309 g/mol. The molecule has 0 unspecified atom stereocenters. The van der Waals surface area contributed by atoms with E-state index in [4.69, 9.17) is 4.74 Å². The third kappa shape index (κ3) is 2.99. The molecule has 3 rings (SSSR count). The van der Waals surface area contributed by atoms with Gasteiger partial charge < -0.3 is 15.0 Å². The van der Waals surface area contributed by atoms with Crippen molar-refractivity contribution >= 4 is 11.8 Å². The van der Waals surface area contributed by atoms with Crippen molar-refractivity contribution in [2.75, 3.05) is 39.8 Å². The third-order valence-electron chi connectivity index (χ3n) is 5.40. The first-order chi connectivity index (χ1) is 10.6. The van der Waals surface area contributed by atoms with Crippen molar-refractivity contribution in [3.63, 3.8) is 0 Å². The van der Waals surface area contributed by atoms with Gasteiger partial charge in [-0.05, 0) is 38.8 Å². The molecule has 1 saturated carbocycles. The molecule has 0 aromatic rings. The third-order valence-corrected chi connectivity index (χ3v) is 5.40. The van der Waals surface area contributed by atoms with Gasteiger partial charge in [-0.15, -0.1) is 0 Å². The highest BCUT2D eigenvalue weighted by molar-refractivity contribution is 5.86. The number of carbonyl (C=O) groups excluding carboxylic acids is 2. The highest BCUT2D eigenvalue weighted by Gasteiger charge is 2.46. The van der Waals surface area contributed by atoms with E-state index in [-0.39, 0.29) is 30.1 Å². The zero-order valence-corrected chi connectivity index (χ0v) is 13.5. The second-order valence-electron chi connectivity index (χ2n) is 6.85. The summed E-state index contributed by atoms with van der Waals surface area (Å²) in [5.74, 6) is 0.168. The molecular weight excluding hydrogens is 282 g/mol. The van der Waals surface area contributed by atoms with Crippen LogP contribution in [-0.2, 0) is 14.3 Å². The number of amides is 2. The lowest BCUT2D eigenvalue weighted by Crippen LogP contribution is -2.58. The molecule has 124 valence electrons. The van der Waals surface area contributed by atoms with E-state index in [9.17, 15) is 9.59 Å². The highest BCUT2D eigenvalue weighted by atomic mass is 16.5. The van der Waals surface area contributed by atoms with E-state index >= 15 is 0 Å². The summed E-state index contributed by atoms with van der Waals surface area (Å²) in [7, 11) is 1.78. The summed E-state index contributed by atoms with van der Waals surface area (Å²) < 4.78 is 5.51. The van der Waals surface area contributed by atoms with Crippen LogP contribution in [-0.4, -0.2) is 73.1 Å². The molecule has 2 amide bonds. The number of rotatable bonds is 4. The first-order valence-electron chi connectivity index (χ1n) is 8.51. The van der Waals surface area contributed by atoms with E-state index in [0.717, 1.165) is 38.8 Å². The lowest BCUT2D eigenvalue weighted by atomic mass is 9.94. The molecule has 1 N–H and O–H groups in total. The van der Waals surface area contributed by atoms with E-state index in [2.05, 4.69) is 10.2 Å². The van der Waals surface area contributed by atoms with Gasteiger partial charge in [-0.3, -0.25) is 14.5 Å². The van der Waals surface area contributed by atoms with Crippen LogP contribution in [0.3, 0.4) is 0 Å². The van der Waals surface area contributed by atoms with Crippen molar-refractivity contribution in [1.82, 2.24) is 15.1 Å². The van der Waals surface area contributed by atoms with E-state index in [1.165, 1.54) is 12.8 Å². The molecule has 6 nitrogen and oxygen atoms in total. The summed E-state index contributed by atoms with van der Waals surface area (Å²) in [6.45, 7) is 3.26. The molecule has 22 heavy (non-hydrogen) atoms. The Morgan fingerprint density at radius 3 is 2.59 bits per heavy atom. The Labute approximate surface area is 132 Å². The van der Waals surface area contributed by atoms with Gasteiger partial charge in [0.2, 0.25) is 11.8 Å². The number of nitrogens with zero attached hydrogens (tertiary/aromatic N) is 2. The molecule has 0 spiro atoms. The Kier molecular flexibility index (Phi) is 4.68. The maximum absolute atomic E-state index is 12.9. The van der Waals surface area contributed by atoms with Gasteiger partial charge in [-0.25, -0.2) is 0 Å². The average Bonchev–Trinajstić information content (AvgIpc) is 3.19. The largest absolute Gasteiger partial charge is 0.365 e. The minimum Gasteiger partial charge on any atom is -0.365 e. The molecule has 0 aromatic heterocycles. The summed E-state index contributed by atoms with van der Waals surface area (Å²) in [4.78, 5) is 28.3. The molecule has 6 heteroatoms. The van der Waals surface area contributed by atoms with Crippen LogP contribution >= 0.6 is 0 Å². The molecular formula is C16H27N3O3. The van der Waals surface area contributed by atoms with Crippen LogP contribution in [0.1, 0.15) is 38.5 Å². The van der Waals surface area contributed by atoms with Crippen LogP contribution in [0, 0.1) is 0 Å². The number of likely N-dealkylation sites (tertiary alicyclic amines) is 1. The van der Waals surface area contributed by atoms with Crippen molar-refractivity contribution < 1.29 is 14.3 Å². The fourth-order valence-electron chi connectivity index (χ4n) is 4.05. The Hall–Kier alpha value is -1.14. The van der Waals surface area contributed by atoms with Crippen molar-refractivity contribution in [3.05, 3.63) is 0 Å². The minimum absolute atomic E-state index is 0.00639. The van der Waals surface area contributed by atoms with Gasteiger partial charge in [0, 0.05) is 20.1 Å². The Bertz CT molecular complexity index is 428. The topological polar surface area (TPSA) is 61.9 Å². The monoisotopic (exact) mass is 309 g/mol. The maximum atomic E-state index is 12.9. The maximum Gasteiger partial charge on any atom is 0.248 e. The van der Waals surface area contributed by atoms with Gasteiger partial charge in [0.15, 0.2) is 0 Å².